The molecule has 0 aromatic carbocycles. The highest BCUT2D eigenvalue weighted by Gasteiger charge is 2.29. The summed E-state index contributed by atoms with van der Waals surface area (Å²) in [5, 5.41) is 2.67. The summed E-state index contributed by atoms with van der Waals surface area (Å²) in [7, 11) is -3.07. The molecule has 0 saturated carbocycles. The molecule has 3 rings (SSSR count). The molecule has 2 aliphatic rings. The van der Waals surface area contributed by atoms with E-state index in [1.807, 2.05) is 0 Å². The smallest absolute Gasteiger partial charge is 0.272 e. The predicted molar refractivity (Wildman–Crippen MR) is 85.5 cm³/mol. The van der Waals surface area contributed by atoms with E-state index in [9.17, 15) is 18.0 Å². The van der Waals surface area contributed by atoms with Gasteiger partial charge in [-0.05, 0) is 18.6 Å². The van der Waals surface area contributed by atoms with E-state index in [1.165, 1.54) is 6.07 Å². The fourth-order valence-electron chi connectivity index (χ4n) is 2.78. The molecule has 3 heterocycles. The van der Waals surface area contributed by atoms with Crippen LogP contribution >= 0.6 is 0 Å². The van der Waals surface area contributed by atoms with Gasteiger partial charge < -0.3 is 15.0 Å². The molecular weight excluding hydrogens is 334 g/mol. The van der Waals surface area contributed by atoms with Crippen LogP contribution in [-0.4, -0.2) is 74.0 Å². The molecule has 2 amide bonds. The van der Waals surface area contributed by atoms with Crippen molar-refractivity contribution in [3.8, 4) is 0 Å². The van der Waals surface area contributed by atoms with Gasteiger partial charge in [-0.1, -0.05) is 6.07 Å². The summed E-state index contributed by atoms with van der Waals surface area (Å²) in [6.07, 6.45) is 0.403. The number of pyridine rings is 1. The van der Waals surface area contributed by atoms with Crippen molar-refractivity contribution in [2.24, 2.45) is 0 Å². The second kappa shape index (κ2) is 6.86. The number of aromatic nitrogens is 1. The van der Waals surface area contributed by atoms with E-state index in [0.29, 0.717) is 32.7 Å². The molecule has 1 aromatic heterocycles. The van der Waals surface area contributed by atoms with Crippen LogP contribution in [0.2, 0.25) is 0 Å². The quantitative estimate of drug-likeness (QED) is 0.783. The fraction of sp³-hybridized carbons (Fsp3) is 0.533. The first-order valence-corrected chi connectivity index (χ1v) is 9.62. The molecule has 0 spiro atoms. The van der Waals surface area contributed by atoms with Gasteiger partial charge in [0.05, 0.1) is 24.7 Å². The molecule has 9 heteroatoms. The topological polar surface area (TPSA) is 106 Å². The third-order valence-electron chi connectivity index (χ3n) is 4.07. The van der Waals surface area contributed by atoms with Crippen molar-refractivity contribution < 1.29 is 22.7 Å². The lowest BCUT2D eigenvalue weighted by molar-refractivity contribution is 0.0299. The van der Waals surface area contributed by atoms with Crippen molar-refractivity contribution in [2.75, 3.05) is 37.8 Å². The first-order valence-electron chi connectivity index (χ1n) is 7.80. The van der Waals surface area contributed by atoms with Crippen LogP contribution in [0.3, 0.4) is 0 Å². The molecule has 1 N–H and O–H groups in total. The number of hydrogen-bond acceptors (Lipinski definition) is 6. The Morgan fingerprint density at radius 3 is 2.58 bits per heavy atom. The summed E-state index contributed by atoms with van der Waals surface area (Å²) in [6, 6.07) is 4.27. The Bertz CT molecular complexity index is 743. The number of ether oxygens (including phenoxy) is 1. The summed E-state index contributed by atoms with van der Waals surface area (Å²) >= 11 is 0. The maximum absolute atomic E-state index is 12.4. The number of morpholine rings is 1. The number of rotatable bonds is 3. The lowest BCUT2D eigenvalue weighted by atomic mass is 10.2. The second-order valence-corrected chi connectivity index (χ2v) is 8.11. The van der Waals surface area contributed by atoms with E-state index in [4.69, 9.17) is 4.74 Å². The maximum atomic E-state index is 12.4. The van der Waals surface area contributed by atoms with Gasteiger partial charge >= 0.3 is 0 Å². The van der Waals surface area contributed by atoms with E-state index < -0.39 is 21.8 Å². The van der Waals surface area contributed by atoms with Gasteiger partial charge in [-0.3, -0.25) is 9.59 Å². The highest BCUT2D eigenvalue weighted by molar-refractivity contribution is 7.91. The molecule has 0 aliphatic carbocycles. The van der Waals surface area contributed by atoms with Crippen molar-refractivity contribution in [1.82, 2.24) is 15.2 Å². The zero-order valence-electron chi connectivity index (χ0n) is 13.1. The van der Waals surface area contributed by atoms with Crippen molar-refractivity contribution in [2.45, 2.75) is 12.5 Å². The minimum Gasteiger partial charge on any atom is -0.378 e. The van der Waals surface area contributed by atoms with Crippen LogP contribution in [0.4, 0.5) is 0 Å². The van der Waals surface area contributed by atoms with Crippen LogP contribution in [0, 0.1) is 0 Å². The van der Waals surface area contributed by atoms with Crippen LogP contribution in [-0.2, 0) is 14.6 Å². The molecule has 0 bridgehead atoms. The summed E-state index contributed by atoms with van der Waals surface area (Å²) in [5.41, 5.74) is 0.307. The average Bonchev–Trinajstić information content (AvgIpc) is 2.93. The Labute approximate surface area is 140 Å². The summed E-state index contributed by atoms with van der Waals surface area (Å²) < 4.78 is 28.1. The van der Waals surface area contributed by atoms with Gasteiger partial charge in [0.1, 0.15) is 11.4 Å². The molecule has 2 aliphatic heterocycles. The van der Waals surface area contributed by atoms with Crippen molar-refractivity contribution in [3.05, 3.63) is 29.6 Å². The summed E-state index contributed by atoms with van der Waals surface area (Å²) in [4.78, 5) is 30.4. The van der Waals surface area contributed by atoms with Crippen LogP contribution < -0.4 is 5.32 Å². The SMILES string of the molecule is O=C(NC1CCS(=O)(=O)C1)c1cccc(C(=O)N2CCOCC2)n1. The van der Waals surface area contributed by atoms with Crippen LogP contribution in [0.15, 0.2) is 18.2 Å². The molecule has 2 saturated heterocycles. The fourth-order valence-corrected chi connectivity index (χ4v) is 4.45. The number of sulfone groups is 1. The van der Waals surface area contributed by atoms with Gasteiger partial charge in [0, 0.05) is 19.1 Å². The summed E-state index contributed by atoms with van der Waals surface area (Å²) in [5.74, 6) is -0.670. The van der Waals surface area contributed by atoms with E-state index in [2.05, 4.69) is 10.3 Å². The Kier molecular flexibility index (Phi) is 4.81. The largest absolute Gasteiger partial charge is 0.378 e. The van der Waals surface area contributed by atoms with E-state index >= 15 is 0 Å². The lowest BCUT2D eigenvalue weighted by Gasteiger charge is -2.26. The third-order valence-corrected chi connectivity index (χ3v) is 5.83. The normalized spacial score (nSPS) is 23.0. The molecule has 0 radical (unpaired) electrons. The van der Waals surface area contributed by atoms with Crippen LogP contribution in [0.1, 0.15) is 27.4 Å². The Hall–Kier alpha value is -2.00. The molecule has 1 atom stereocenters. The highest BCUT2D eigenvalue weighted by Crippen LogP contribution is 2.12. The zero-order valence-corrected chi connectivity index (χ0v) is 13.9. The highest BCUT2D eigenvalue weighted by atomic mass is 32.2. The molecule has 8 nitrogen and oxygen atoms in total. The third kappa shape index (κ3) is 3.90. The zero-order chi connectivity index (χ0) is 17.2. The standard InChI is InChI=1S/C15H19N3O5S/c19-14(16-11-4-9-24(21,22)10-11)12-2-1-3-13(17-12)15(20)18-5-7-23-8-6-18/h1-3,11H,4-10H2,(H,16,19). The van der Waals surface area contributed by atoms with Crippen molar-refractivity contribution in [1.29, 1.82) is 0 Å². The van der Waals surface area contributed by atoms with Gasteiger partial charge in [0.25, 0.3) is 11.8 Å². The molecular formula is C15H19N3O5S. The monoisotopic (exact) mass is 353 g/mol. The van der Waals surface area contributed by atoms with E-state index in [0.717, 1.165) is 0 Å². The van der Waals surface area contributed by atoms with Crippen molar-refractivity contribution >= 4 is 21.7 Å². The number of hydrogen-bond donors (Lipinski definition) is 1. The number of nitrogens with one attached hydrogen (secondary N) is 1. The lowest BCUT2D eigenvalue weighted by Crippen LogP contribution is -2.41. The van der Waals surface area contributed by atoms with Gasteiger partial charge in [0.2, 0.25) is 0 Å². The molecule has 1 unspecified atom stereocenters. The maximum Gasteiger partial charge on any atom is 0.272 e. The molecule has 1 aromatic rings. The first-order chi connectivity index (χ1) is 11.4. The first kappa shape index (κ1) is 16.8. The Morgan fingerprint density at radius 1 is 1.21 bits per heavy atom. The Morgan fingerprint density at radius 2 is 1.92 bits per heavy atom. The van der Waals surface area contributed by atoms with Gasteiger partial charge in [0.15, 0.2) is 9.84 Å². The van der Waals surface area contributed by atoms with Crippen LogP contribution in [0.25, 0.3) is 0 Å². The second-order valence-electron chi connectivity index (χ2n) is 5.89. The predicted octanol–water partition coefficient (Wildman–Crippen LogP) is -0.529. The van der Waals surface area contributed by atoms with Gasteiger partial charge in [-0.2, -0.15) is 0 Å². The van der Waals surface area contributed by atoms with E-state index in [1.54, 1.807) is 17.0 Å². The number of carbonyl (C=O) groups excluding carboxylic acids is 2. The van der Waals surface area contributed by atoms with Gasteiger partial charge in [-0.25, -0.2) is 13.4 Å². The van der Waals surface area contributed by atoms with Gasteiger partial charge in [-0.15, -0.1) is 0 Å². The minimum atomic E-state index is -3.07. The van der Waals surface area contributed by atoms with Crippen LogP contribution in [0.5, 0.6) is 0 Å². The number of amides is 2. The number of nitrogens with zero attached hydrogens (tertiary/aromatic N) is 2. The minimum absolute atomic E-state index is 0.0505. The Balaban J connectivity index is 1.68. The average molecular weight is 353 g/mol. The molecule has 24 heavy (non-hydrogen) atoms. The van der Waals surface area contributed by atoms with E-state index in [-0.39, 0.29) is 28.8 Å². The van der Waals surface area contributed by atoms with Crippen molar-refractivity contribution in [3.63, 3.8) is 0 Å². The summed E-state index contributed by atoms with van der Waals surface area (Å²) in [6.45, 7) is 1.97. The number of carbonyl (C=O) groups is 2. The molecule has 2 fully saturated rings. The molecule has 130 valence electrons.